The van der Waals surface area contributed by atoms with E-state index in [2.05, 4.69) is 41.0 Å². The Bertz CT molecular complexity index is 614. The number of fused-ring (bicyclic) bond motifs is 2. The van der Waals surface area contributed by atoms with E-state index in [1.54, 1.807) is 0 Å². The van der Waals surface area contributed by atoms with Gasteiger partial charge in [0.25, 0.3) is 0 Å². The van der Waals surface area contributed by atoms with Gasteiger partial charge in [-0.3, -0.25) is 4.79 Å². The minimum atomic E-state index is 0.234. The summed E-state index contributed by atoms with van der Waals surface area (Å²) in [6.07, 6.45) is 8.66. The number of piperidine rings is 1. The topological polar surface area (TPSA) is 59.2 Å². The summed E-state index contributed by atoms with van der Waals surface area (Å²) < 4.78 is 5.43. The first kappa shape index (κ1) is 14.9. The molecule has 0 spiro atoms. The van der Waals surface area contributed by atoms with Crippen molar-refractivity contribution in [2.24, 2.45) is 17.8 Å². The van der Waals surface area contributed by atoms with Gasteiger partial charge in [-0.15, -0.1) is 0 Å². The van der Waals surface area contributed by atoms with Gasteiger partial charge >= 0.3 is 0 Å². The van der Waals surface area contributed by atoms with Gasteiger partial charge in [-0.2, -0.15) is 4.98 Å². The number of nitrogens with zero attached hydrogens (tertiary/aromatic N) is 3. The molecule has 2 bridgehead atoms. The van der Waals surface area contributed by atoms with Gasteiger partial charge in [0.2, 0.25) is 11.8 Å². The molecule has 0 aromatic carbocycles. The highest BCUT2D eigenvalue weighted by Gasteiger charge is 2.42. The van der Waals surface area contributed by atoms with Gasteiger partial charge in [-0.25, -0.2) is 0 Å². The Morgan fingerprint density at radius 1 is 1.26 bits per heavy atom. The van der Waals surface area contributed by atoms with Crippen LogP contribution in [0.5, 0.6) is 0 Å². The number of hydrogen-bond donors (Lipinski definition) is 0. The third-order valence-electron chi connectivity index (χ3n) is 5.73. The summed E-state index contributed by atoms with van der Waals surface area (Å²) in [4.78, 5) is 19.4. The van der Waals surface area contributed by atoms with Crippen molar-refractivity contribution in [2.45, 2.75) is 51.4 Å². The average molecular weight is 315 g/mol. The van der Waals surface area contributed by atoms with Crippen LogP contribution in [0.15, 0.2) is 16.7 Å². The monoisotopic (exact) mass is 315 g/mol. The molecule has 2 aliphatic carbocycles. The average Bonchev–Trinajstić information content (AvgIpc) is 3.30. The molecule has 23 heavy (non-hydrogen) atoms. The number of amides is 1. The molecule has 1 saturated heterocycles. The molecule has 1 saturated carbocycles. The summed E-state index contributed by atoms with van der Waals surface area (Å²) in [5, 5.41) is 4.06. The fourth-order valence-electron chi connectivity index (χ4n) is 4.29. The van der Waals surface area contributed by atoms with Crippen LogP contribution >= 0.6 is 0 Å². The molecule has 0 unspecified atom stereocenters. The van der Waals surface area contributed by atoms with Crippen LogP contribution in [0, 0.1) is 17.8 Å². The standard InChI is InChI=1S/C18H25N3O2/c1-11(2)16-19-17(23-20-16)13-5-7-21(8-6-13)18(22)15-10-12-3-4-14(15)9-12/h3-4,11-15H,5-10H2,1-2H3/t12-,14+,15-/m1/s1. The molecule has 3 aliphatic rings. The zero-order valence-corrected chi connectivity index (χ0v) is 13.9. The van der Waals surface area contributed by atoms with Crippen LogP contribution in [0.3, 0.4) is 0 Å². The van der Waals surface area contributed by atoms with Crippen LogP contribution in [-0.2, 0) is 4.79 Å². The van der Waals surface area contributed by atoms with Gasteiger partial charge in [0.15, 0.2) is 5.82 Å². The van der Waals surface area contributed by atoms with E-state index in [-0.39, 0.29) is 5.92 Å². The Morgan fingerprint density at radius 2 is 2.04 bits per heavy atom. The Balaban J connectivity index is 1.35. The Labute approximate surface area is 137 Å². The molecule has 2 heterocycles. The van der Waals surface area contributed by atoms with Crippen molar-refractivity contribution in [3.8, 4) is 0 Å². The van der Waals surface area contributed by atoms with Crippen molar-refractivity contribution in [1.29, 1.82) is 0 Å². The van der Waals surface area contributed by atoms with Crippen LogP contribution in [0.4, 0.5) is 0 Å². The van der Waals surface area contributed by atoms with Crippen molar-refractivity contribution in [3.05, 3.63) is 23.9 Å². The maximum absolute atomic E-state index is 12.8. The van der Waals surface area contributed by atoms with Crippen LogP contribution < -0.4 is 0 Å². The molecule has 5 heteroatoms. The molecule has 4 rings (SSSR count). The van der Waals surface area contributed by atoms with Gasteiger partial charge in [0.1, 0.15) is 0 Å². The summed E-state index contributed by atoms with van der Waals surface area (Å²) in [5.41, 5.74) is 0. The smallest absolute Gasteiger partial charge is 0.229 e. The second-order valence-electron chi connectivity index (χ2n) is 7.63. The number of rotatable bonds is 3. The normalized spacial score (nSPS) is 30.6. The van der Waals surface area contributed by atoms with Gasteiger partial charge < -0.3 is 9.42 Å². The molecule has 1 aliphatic heterocycles. The number of allylic oxidation sites excluding steroid dienone is 2. The zero-order valence-electron chi connectivity index (χ0n) is 13.9. The summed E-state index contributed by atoms with van der Waals surface area (Å²) in [7, 11) is 0. The van der Waals surface area contributed by atoms with Crippen LogP contribution in [0.2, 0.25) is 0 Å². The van der Waals surface area contributed by atoms with E-state index >= 15 is 0 Å². The molecule has 0 radical (unpaired) electrons. The number of aromatic nitrogens is 2. The lowest BCUT2D eigenvalue weighted by Gasteiger charge is -2.33. The zero-order chi connectivity index (χ0) is 16.0. The van der Waals surface area contributed by atoms with Crippen LogP contribution in [-0.4, -0.2) is 34.0 Å². The van der Waals surface area contributed by atoms with Crippen molar-refractivity contribution in [3.63, 3.8) is 0 Å². The van der Waals surface area contributed by atoms with Gasteiger partial charge in [0.05, 0.1) is 0 Å². The largest absolute Gasteiger partial charge is 0.342 e. The fourth-order valence-corrected chi connectivity index (χ4v) is 4.29. The highest BCUT2D eigenvalue weighted by molar-refractivity contribution is 5.80. The van der Waals surface area contributed by atoms with Crippen molar-refractivity contribution in [2.75, 3.05) is 13.1 Å². The van der Waals surface area contributed by atoms with Crippen molar-refractivity contribution in [1.82, 2.24) is 15.0 Å². The third-order valence-corrected chi connectivity index (χ3v) is 5.73. The summed E-state index contributed by atoms with van der Waals surface area (Å²) in [6, 6.07) is 0. The second-order valence-corrected chi connectivity index (χ2v) is 7.63. The molecule has 2 fully saturated rings. The summed E-state index contributed by atoms with van der Waals surface area (Å²) in [5.74, 6) is 3.88. The molecule has 0 N–H and O–H groups in total. The first-order valence-corrected chi connectivity index (χ1v) is 8.92. The fraction of sp³-hybridized carbons (Fsp3) is 0.722. The summed E-state index contributed by atoms with van der Waals surface area (Å²) >= 11 is 0. The van der Waals surface area contributed by atoms with Crippen LogP contribution in [0.25, 0.3) is 0 Å². The SMILES string of the molecule is CC(C)c1noc(C2CCN(C(=O)[C@@H]3C[C@@H]4C=C[C@H]3C4)CC2)n1. The number of carbonyl (C=O) groups excluding carboxylic acids is 1. The minimum Gasteiger partial charge on any atom is -0.342 e. The summed E-state index contributed by atoms with van der Waals surface area (Å²) in [6.45, 7) is 5.78. The highest BCUT2D eigenvalue weighted by atomic mass is 16.5. The molecule has 3 atom stereocenters. The maximum Gasteiger partial charge on any atom is 0.229 e. The molecule has 1 amide bonds. The molecule has 1 aromatic rings. The maximum atomic E-state index is 12.8. The molecular formula is C18H25N3O2. The van der Waals surface area contributed by atoms with Gasteiger partial charge in [0, 0.05) is 30.8 Å². The number of likely N-dealkylation sites (tertiary alicyclic amines) is 1. The van der Waals surface area contributed by atoms with Crippen molar-refractivity contribution >= 4 is 5.91 Å². The van der Waals surface area contributed by atoms with E-state index in [4.69, 9.17) is 4.52 Å². The minimum absolute atomic E-state index is 0.234. The van der Waals surface area contributed by atoms with E-state index in [0.717, 1.165) is 44.1 Å². The van der Waals surface area contributed by atoms with E-state index in [1.807, 2.05) is 0 Å². The third kappa shape index (κ3) is 2.70. The Kier molecular flexibility index (Phi) is 3.74. The number of carbonyl (C=O) groups is 1. The van der Waals surface area contributed by atoms with E-state index in [1.165, 1.54) is 6.42 Å². The lowest BCUT2D eigenvalue weighted by molar-refractivity contribution is -0.137. The molecule has 1 aromatic heterocycles. The number of hydrogen-bond acceptors (Lipinski definition) is 4. The molecule has 124 valence electrons. The van der Waals surface area contributed by atoms with E-state index in [9.17, 15) is 4.79 Å². The van der Waals surface area contributed by atoms with Crippen LogP contribution in [0.1, 0.15) is 63.1 Å². The molecular weight excluding hydrogens is 290 g/mol. The Hall–Kier alpha value is -1.65. The lowest BCUT2D eigenvalue weighted by Crippen LogP contribution is -2.42. The van der Waals surface area contributed by atoms with E-state index < -0.39 is 0 Å². The van der Waals surface area contributed by atoms with Gasteiger partial charge in [-0.05, 0) is 37.5 Å². The lowest BCUT2D eigenvalue weighted by atomic mass is 9.90. The highest BCUT2D eigenvalue weighted by Crippen LogP contribution is 2.44. The Morgan fingerprint density at radius 3 is 2.61 bits per heavy atom. The predicted molar refractivity (Wildman–Crippen MR) is 85.8 cm³/mol. The quantitative estimate of drug-likeness (QED) is 0.804. The van der Waals surface area contributed by atoms with Gasteiger partial charge in [-0.1, -0.05) is 31.2 Å². The molecule has 5 nitrogen and oxygen atoms in total. The first-order valence-electron chi connectivity index (χ1n) is 8.92. The van der Waals surface area contributed by atoms with Crippen molar-refractivity contribution < 1.29 is 9.32 Å². The second kappa shape index (κ2) is 5.77. The van der Waals surface area contributed by atoms with E-state index in [0.29, 0.717) is 29.6 Å². The predicted octanol–water partition coefficient (Wildman–Crippen LogP) is 3.11. The first-order chi connectivity index (χ1) is 11.1.